The SMILES string of the molecule is c1ccc(-c2c(-c3cccc(N(c4ccccc4)c4cccc(-c5cccc6c5sc5ccccc56)c4)c3)nc3ccccn23)cc1. The standard InChI is InChI=1S/C43H29N3S/c1-3-14-30(15-4-1)42-41(44-40-26-9-10-27-45(40)42)32-17-12-21-35(29-32)46(33-18-5-2-6-19-33)34-20-11-16-31(28-34)36-23-13-24-38-37-22-7-8-25-39(37)47-43(36)38/h1-29H. The lowest BCUT2D eigenvalue weighted by Crippen LogP contribution is -2.10. The van der Waals surface area contributed by atoms with Crippen LogP contribution in [0.2, 0.25) is 0 Å². The molecule has 0 fully saturated rings. The van der Waals surface area contributed by atoms with Gasteiger partial charge in [-0.3, -0.25) is 4.40 Å². The van der Waals surface area contributed by atoms with Gasteiger partial charge in [-0.2, -0.15) is 0 Å². The summed E-state index contributed by atoms with van der Waals surface area (Å²) >= 11 is 1.87. The molecule has 0 saturated heterocycles. The molecule has 0 spiro atoms. The van der Waals surface area contributed by atoms with E-state index in [0.717, 1.165) is 45.2 Å². The van der Waals surface area contributed by atoms with Crippen LogP contribution in [0.5, 0.6) is 0 Å². The van der Waals surface area contributed by atoms with Crippen LogP contribution in [0, 0.1) is 0 Å². The summed E-state index contributed by atoms with van der Waals surface area (Å²) in [5.74, 6) is 0. The van der Waals surface area contributed by atoms with Gasteiger partial charge in [-0.1, -0.05) is 115 Å². The maximum Gasteiger partial charge on any atom is 0.137 e. The number of hydrogen-bond acceptors (Lipinski definition) is 3. The fourth-order valence-corrected chi connectivity index (χ4v) is 7.91. The largest absolute Gasteiger partial charge is 0.310 e. The van der Waals surface area contributed by atoms with Gasteiger partial charge in [0.1, 0.15) is 5.65 Å². The molecule has 9 aromatic rings. The van der Waals surface area contributed by atoms with Gasteiger partial charge in [0.15, 0.2) is 0 Å². The van der Waals surface area contributed by atoms with Gasteiger partial charge in [0.05, 0.1) is 11.4 Å². The summed E-state index contributed by atoms with van der Waals surface area (Å²) in [6.07, 6.45) is 2.09. The Kier molecular flexibility index (Phi) is 6.65. The first-order valence-electron chi connectivity index (χ1n) is 15.8. The van der Waals surface area contributed by atoms with E-state index in [2.05, 4.69) is 179 Å². The van der Waals surface area contributed by atoms with Crippen molar-refractivity contribution in [1.82, 2.24) is 9.38 Å². The van der Waals surface area contributed by atoms with Crippen molar-refractivity contribution in [3.05, 3.63) is 176 Å². The van der Waals surface area contributed by atoms with E-state index in [9.17, 15) is 0 Å². The van der Waals surface area contributed by atoms with Crippen LogP contribution >= 0.6 is 11.3 Å². The Bertz CT molecular complexity index is 2530. The number of fused-ring (bicyclic) bond motifs is 4. The molecule has 6 aromatic carbocycles. The summed E-state index contributed by atoms with van der Waals surface area (Å²) in [6.45, 7) is 0. The Balaban J connectivity index is 1.21. The highest BCUT2D eigenvalue weighted by Gasteiger charge is 2.19. The normalized spacial score (nSPS) is 11.4. The number of hydrogen-bond donors (Lipinski definition) is 0. The van der Waals surface area contributed by atoms with Crippen molar-refractivity contribution < 1.29 is 0 Å². The summed E-state index contributed by atoms with van der Waals surface area (Å²) in [4.78, 5) is 7.49. The van der Waals surface area contributed by atoms with Gasteiger partial charge >= 0.3 is 0 Å². The first-order chi connectivity index (χ1) is 23.3. The van der Waals surface area contributed by atoms with Crippen molar-refractivity contribution in [2.45, 2.75) is 0 Å². The number of nitrogens with zero attached hydrogens (tertiary/aromatic N) is 3. The summed E-state index contributed by atoms with van der Waals surface area (Å²) in [7, 11) is 0. The highest BCUT2D eigenvalue weighted by atomic mass is 32.1. The van der Waals surface area contributed by atoms with Crippen molar-refractivity contribution in [3.63, 3.8) is 0 Å². The van der Waals surface area contributed by atoms with Crippen LogP contribution in [0.15, 0.2) is 176 Å². The number of rotatable bonds is 6. The minimum absolute atomic E-state index is 0.926. The van der Waals surface area contributed by atoms with Crippen LogP contribution in [0.4, 0.5) is 17.1 Å². The van der Waals surface area contributed by atoms with Gasteiger partial charge in [0, 0.05) is 54.6 Å². The first-order valence-corrected chi connectivity index (χ1v) is 16.6. The molecule has 222 valence electrons. The number of aromatic nitrogens is 2. The Morgan fingerprint density at radius 3 is 1.94 bits per heavy atom. The van der Waals surface area contributed by atoms with Crippen LogP contribution in [-0.2, 0) is 0 Å². The molecule has 3 aromatic heterocycles. The predicted molar refractivity (Wildman–Crippen MR) is 199 cm³/mol. The molecule has 0 aliphatic carbocycles. The zero-order valence-electron chi connectivity index (χ0n) is 25.5. The molecule has 47 heavy (non-hydrogen) atoms. The molecule has 0 aliphatic heterocycles. The minimum Gasteiger partial charge on any atom is -0.310 e. The van der Waals surface area contributed by atoms with Crippen molar-refractivity contribution >= 4 is 54.2 Å². The molecule has 3 nitrogen and oxygen atoms in total. The molecule has 0 unspecified atom stereocenters. The highest BCUT2D eigenvalue weighted by molar-refractivity contribution is 7.26. The van der Waals surface area contributed by atoms with Crippen molar-refractivity contribution in [2.24, 2.45) is 0 Å². The van der Waals surface area contributed by atoms with E-state index < -0.39 is 0 Å². The zero-order chi connectivity index (χ0) is 31.2. The molecule has 0 bridgehead atoms. The number of para-hydroxylation sites is 1. The van der Waals surface area contributed by atoms with E-state index in [-0.39, 0.29) is 0 Å². The molecule has 0 atom stereocenters. The van der Waals surface area contributed by atoms with E-state index in [0.29, 0.717) is 0 Å². The fraction of sp³-hybridized carbons (Fsp3) is 0. The average molecular weight is 620 g/mol. The van der Waals surface area contributed by atoms with Gasteiger partial charge in [-0.25, -0.2) is 4.98 Å². The third-order valence-corrected chi connectivity index (χ3v) is 10.0. The summed E-state index contributed by atoms with van der Waals surface area (Å²) in [5, 5.41) is 2.62. The molecular weight excluding hydrogens is 591 g/mol. The third kappa shape index (κ3) is 4.78. The fourth-order valence-electron chi connectivity index (χ4n) is 6.67. The topological polar surface area (TPSA) is 20.5 Å². The number of pyridine rings is 1. The maximum absolute atomic E-state index is 5.15. The lowest BCUT2D eigenvalue weighted by Gasteiger charge is -2.26. The van der Waals surface area contributed by atoms with Gasteiger partial charge in [-0.05, 0) is 65.7 Å². The van der Waals surface area contributed by atoms with Crippen LogP contribution < -0.4 is 4.90 Å². The molecule has 4 heteroatoms. The molecule has 9 rings (SSSR count). The van der Waals surface area contributed by atoms with Crippen molar-refractivity contribution in [2.75, 3.05) is 4.90 Å². The lowest BCUT2D eigenvalue weighted by molar-refractivity contribution is 1.19. The monoisotopic (exact) mass is 619 g/mol. The van der Waals surface area contributed by atoms with Crippen LogP contribution in [0.3, 0.4) is 0 Å². The lowest BCUT2D eigenvalue weighted by atomic mass is 10.0. The quantitative estimate of drug-likeness (QED) is 0.185. The van der Waals surface area contributed by atoms with Crippen LogP contribution in [-0.4, -0.2) is 9.38 Å². The summed E-state index contributed by atoms with van der Waals surface area (Å²) in [6, 6.07) is 60.4. The average Bonchev–Trinajstić information content (AvgIpc) is 3.72. The second-order valence-corrected chi connectivity index (χ2v) is 12.7. The molecule has 0 amide bonds. The number of benzene rings is 6. The first kappa shape index (κ1) is 27.3. The predicted octanol–water partition coefficient (Wildman–Crippen LogP) is 12.2. The Hall–Kier alpha value is -5.97. The Morgan fingerprint density at radius 2 is 1.11 bits per heavy atom. The Labute approximate surface area is 277 Å². The molecule has 0 aliphatic rings. The van der Waals surface area contributed by atoms with E-state index in [1.165, 1.54) is 31.3 Å². The second-order valence-electron chi connectivity index (χ2n) is 11.7. The van der Waals surface area contributed by atoms with Crippen LogP contribution in [0.1, 0.15) is 0 Å². The van der Waals surface area contributed by atoms with Gasteiger partial charge < -0.3 is 4.90 Å². The van der Waals surface area contributed by atoms with E-state index in [1.807, 2.05) is 17.4 Å². The third-order valence-electron chi connectivity index (χ3n) is 8.79. The van der Waals surface area contributed by atoms with Gasteiger partial charge in [0.2, 0.25) is 0 Å². The van der Waals surface area contributed by atoms with Crippen molar-refractivity contribution in [3.8, 4) is 33.6 Å². The van der Waals surface area contributed by atoms with E-state index in [4.69, 9.17) is 4.98 Å². The minimum atomic E-state index is 0.926. The number of thiophene rings is 1. The number of anilines is 3. The van der Waals surface area contributed by atoms with Crippen molar-refractivity contribution in [1.29, 1.82) is 0 Å². The molecular formula is C43H29N3S. The molecule has 0 radical (unpaired) electrons. The summed E-state index contributed by atoms with van der Waals surface area (Å²) in [5.41, 5.74) is 10.9. The summed E-state index contributed by atoms with van der Waals surface area (Å²) < 4.78 is 4.82. The number of imidazole rings is 1. The van der Waals surface area contributed by atoms with Gasteiger partial charge in [0.25, 0.3) is 0 Å². The zero-order valence-corrected chi connectivity index (χ0v) is 26.3. The van der Waals surface area contributed by atoms with E-state index >= 15 is 0 Å². The Morgan fingerprint density at radius 1 is 0.489 bits per heavy atom. The van der Waals surface area contributed by atoms with E-state index in [1.54, 1.807) is 0 Å². The molecule has 0 N–H and O–H groups in total. The maximum atomic E-state index is 5.15. The molecule has 3 heterocycles. The highest BCUT2D eigenvalue weighted by Crippen LogP contribution is 2.43. The second kappa shape index (κ2) is 11.4. The van der Waals surface area contributed by atoms with Gasteiger partial charge in [-0.15, -0.1) is 11.3 Å². The smallest absolute Gasteiger partial charge is 0.137 e. The van der Waals surface area contributed by atoms with Crippen LogP contribution in [0.25, 0.3) is 59.5 Å². The molecule has 0 saturated carbocycles.